The van der Waals surface area contributed by atoms with Gasteiger partial charge in [0.25, 0.3) is 0 Å². The fourth-order valence-corrected chi connectivity index (χ4v) is 3.95. The summed E-state index contributed by atoms with van der Waals surface area (Å²) in [7, 11) is 0. The third-order valence-electron chi connectivity index (χ3n) is 5.28. The molecule has 1 aliphatic rings. The summed E-state index contributed by atoms with van der Waals surface area (Å²) in [6.45, 7) is 15.3. The third-order valence-corrected chi connectivity index (χ3v) is 5.28. The standard InChI is InChI=1S/C19H25N3/c1-4-22(5-2)13-15-7-6-8-16(15)14-9-10-18-17(11-14)19(20-3)12-21-18/h9-12,15-16,21H,4-8,13H2,1-2H3. The van der Waals surface area contributed by atoms with Gasteiger partial charge in [-0.25, -0.2) is 4.85 Å². The first-order valence-electron chi connectivity index (χ1n) is 8.47. The molecule has 1 aromatic carbocycles. The molecule has 1 saturated carbocycles. The largest absolute Gasteiger partial charge is 0.372 e. The number of aromatic amines is 1. The van der Waals surface area contributed by atoms with Crippen molar-refractivity contribution >= 4 is 16.6 Å². The number of benzene rings is 1. The van der Waals surface area contributed by atoms with Gasteiger partial charge in [0, 0.05) is 23.6 Å². The van der Waals surface area contributed by atoms with Crippen molar-refractivity contribution in [3.8, 4) is 0 Å². The van der Waals surface area contributed by atoms with Crippen molar-refractivity contribution in [3.05, 3.63) is 41.4 Å². The minimum atomic E-state index is 0.651. The Labute approximate surface area is 133 Å². The van der Waals surface area contributed by atoms with Crippen molar-refractivity contribution in [1.29, 1.82) is 0 Å². The Hall–Kier alpha value is -1.79. The van der Waals surface area contributed by atoms with E-state index in [0.29, 0.717) is 5.92 Å². The van der Waals surface area contributed by atoms with E-state index in [9.17, 15) is 0 Å². The molecule has 0 saturated heterocycles. The van der Waals surface area contributed by atoms with Crippen LogP contribution in [0.5, 0.6) is 0 Å². The minimum absolute atomic E-state index is 0.651. The van der Waals surface area contributed by atoms with E-state index in [4.69, 9.17) is 6.57 Å². The summed E-state index contributed by atoms with van der Waals surface area (Å²) in [5.74, 6) is 1.41. The topological polar surface area (TPSA) is 23.4 Å². The first-order chi connectivity index (χ1) is 10.8. The molecule has 3 nitrogen and oxygen atoms in total. The van der Waals surface area contributed by atoms with Gasteiger partial charge in [-0.05, 0) is 49.4 Å². The Bertz CT molecular complexity index is 676. The molecule has 1 aliphatic carbocycles. The van der Waals surface area contributed by atoms with Gasteiger partial charge < -0.3 is 9.88 Å². The van der Waals surface area contributed by atoms with Crippen LogP contribution in [0.4, 0.5) is 5.69 Å². The number of hydrogen-bond donors (Lipinski definition) is 1. The molecule has 2 atom stereocenters. The van der Waals surface area contributed by atoms with Crippen LogP contribution in [0, 0.1) is 12.5 Å². The van der Waals surface area contributed by atoms with Crippen LogP contribution in [0.1, 0.15) is 44.6 Å². The monoisotopic (exact) mass is 295 g/mol. The minimum Gasteiger partial charge on any atom is -0.372 e. The van der Waals surface area contributed by atoms with Crippen LogP contribution in [0.2, 0.25) is 0 Å². The highest BCUT2D eigenvalue weighted by Crippen LogP contribution is 2.41. The van der Waals surface area contributed by atoms with Crippen LogP contribution in [-0.2, 0) is 0 Å². The number of nitrogens with zero attached hydrogens (tertiary/aromatic N) is 2. The van der Waals surface area contributed by atoms with Crippen LogP contribution in [0.3, 0.4) is 0 Å². The third kappa shape index (κ3) is 2.76. The average Bonchev–Trinajstić information content (AvgIpc) is 3.18. The molecule has 0 radical (unpaired) electrons. The molecule has 1 heterocycles. The van der Waals surface area contributed by atoms with Crippen molar-refractivity contribution in [3.63, 3.8) is 0 Å². The first-order valence-corrected chi connectivity index (χ1v) is 8.47. The smallest absolute Gasteiger partial charge is 0.211 e. The predicted molar refractivity (Wildman–Crippen MR) is 92.4 cm³/mol. The van der Waals surface area contributed by atoms with Gasteiger partial charge in [-0.15, -0.1) is 0 Å². The van der Waals surface area contributed by atoms with E-state index in [2.05, 4.69) is 46.8 Å². The number of nitrogens with one attached hydrogen (secondary N) is 1. The Morgan fingerprint density at radius 1 is 1.27 bits per heavy atom. The molecule has 2 aromatic rings. The van der Waals surface area contributed by atoms with Gasteiger partial charge in [-0.3, -0.25) is 0 Å². The highest BCUT2D eigenvalue weighted by Gasteiger charge is 2.29. The van der Waals surface area contributed by atoms with Gasteiger partial charge in [0.05, 0.1) is 6.57 Å². The SMILES string of the molecule is [C-]#[N+]c1c[nH]c2ccc(C3CCCC3CN(CC)CC)cc12. The zero-order valence-electron chi connectivity index (χ0n) is 13.6. The Morgan fingerprint density at radius 3 is 2.82 bits per heavy atom. The lowest BCUT2D eigenvalue weighted by Crippen LogP contribution is -2.30. The Morgan fingerprint density at radius 2 is 2.09 bits per heavy atom. The van der Waals surface area contributed by atoms with Crippen molar-refractivity contribution in [1.82, 2.24) is 9.88 Å². The van der Waals surface area contributed by atoms with Gasteiger partial charge in [0.15, 0.2) is 0 Å². The first kappa shape index (κ1) is 15.1. The number of fused-ring (bicyclic) bond motifs is 1. The lowest BCUT2D eigenvalue weighted by atomic mass is 9.88. The van der Waals surface area contributed by atoms with Crippen molar-refractivity contribution in [2.24, 2.45) is 5.92 Å². The van der Waals surface area contributed by atoms with Gasteiger partial charge in [0.1, 0.15) is 0 Å². The maximum Gasteiger partial charge on any atom is 0.211 e. The van der Waals surface area contributed by atoms with Gasteiger partial charge >= 0.3 is 0 Å². The summed E-state index contributed by atoms with van der Waals surface area (Å²) in [6, 6.07) is 6.66. The summed E-state index contributed by atoms with van der Waals surface area (Å²) in [5.41, 5.74) is 3.25. The van der Waals surface area contributed by atoms with E-state index in [1.54, 1.807) is 0 Å². The summed E-state index contributed by atoms with van der Waals surface area (Å²) in [4.78, 5) is 9.37. The number of H-pyrrole nitrogens is 1. The van der Waals surface area contributed by atoms with Crippen LogP contribution in [0.15, 0.2) is 24.4 Å². The summed E-state index contributed by atoms with van der Waals surface area (Å²) in [6.07, 6.45) is 5.78. The van der Waals surface area contributed by atoms with Crippen LogP contribution < -0.4 is 0 Å². The van der Waals surface area contributed by atoms with Crippen LogP contribution in [0.25, 0.3) is 15.7 Å². The molecule has 1 aromatic heterocycles. The predicted octanol–water partition coefficient (Wildman–Crippen LogP) is 4.94. The van der Waals surface area contributed by atoms with Gasteiger partial charge in [-0.1, -0.05) is 32.4 Å². The zero-order chi connectivity index (χ0) is 15.5. The second-order valence-electron chi connectivity index (χ2n) is 6.37. The summed E-state index contributed by atoms with van der Waals surface area (Å²) >= 11 is 0. The number of aromatic nitrogens is 1. The molecule has 3 heteroatoms. The molecule has 1 N–H and O–H groups in total. The van der Waals surface area contributed by atoms with Crippen LogP contribution >= 0.6 is 0 Å². The molecule has 0 amide bonds. The second-order valence-corrected chi connectivity index (χ2v) is 6.37. The maximum absolute atomic E-state index is 7.30. The molecule has 0 spiro atoms. The van der Waals surface area contributed by atoms with Crippen molar-refractivity contribution in [2.75, 3.05) is 19.6 Å². The van der Waals surface area contributed by atoms with Gasteiger partial charge in [0.2, 0.25) is 5.69 Å². The van der Waals surface area contributed by atoms with Gasteiger partial charge in [-0.2, -0.15) is 0 Å². The second kappa shape index (κ2) is 6.54. The Balaban J connectivity index is 1.87. The molecule has 0 aliphatic heterocycles. The van der Waals surface area contributed by atoms with E-state index in [1.807, 2.05) is 6.20 Å². The molecule has 0 bridgehead atoms. The normalized spacial score (nSPS) is 21.5. The molecule has 116 valence electrons. The highest BCUT2D eigenvalue weighted by molar-refractivity contribution is 5.93. The molecule has 2 unspecified atom stereocenters. The maximum atomic E-state index is 7.30. The van der Waals surface area contributed by atoms with Crippen LogP contribution in [-0.4, -0.2) is 29.5 Å². The van der Waals surface area contributed by atoms with Crippen molar-refractivity contribution in [2.45, 2.75) is 39.0 Å². The lowest BCUT2D eigenvalue weighted by Gasteiger charge is -2.27. The van der Waals surface area contributed by atoms with E-state index in [0.717, 1.165) is 35.6 Å². The number of rotatable bonds is 5. The molecule has 1 fully saturated rings. The van der Waals surface area contributed by atoms with E-state index in [1.165, 1.54) is 31.4 Å². The lowest BCUT2D eigenvalue weighted by molar-refractivity contribution is 0.243. The number of hydrogen-bond acceptors (Lipinski definition) is 1. The quantitative estimate of drug-likeness (QED) is 0.776. The van der Waals surface area contributed by atoms with E-state index >= 15 is 0 Å². The fourth-order valence-electron chi connectivity index (χ4n) is 3.95. The molecular weight excluding hydrogens is 270 g/mol. The molecular formula is C19H25N3. The Kier molecular flexibility index (Phi) is 4.49. The van der Waals surface area contributed by atoms with E-state index < -0.39 is 0 Å². The average molecular weight is 295 g/mol. The molecule has 3 rings (SSSR count). The summed E-state index contributed by atoms with van der Waals surface area (Å²) in [5, 5.41) is 1.08. The van der Waals surface area contributed by atoms with E-state index in [-0.39, 0.29) is 0 Å². The fraction of sp³-hybridized carbons (Fsp3) is 0.526. The zero-order valence-corrected chi connectivity index (χ0v) is 13.6. The van der Waals surface area contributed by atoms with Crippen molar-refractivity contribution < 1.29 is 0 Å². The molecule has 22 heavy (non-hydrogen) atoms. The highest BCUT2D eigenvalue weighted by atomic mass is 15.1. The summed E-state index contributed by atoms with van der Waals surface area (Å²) < 4.78 is 0.